The second-order valence-corrected chi connectivity index (χ2v) is 4.01. The summed E-state index contributed by atoms with van der Waals surface area (Å²) in [6, 6.07) is 1.68. The minimum atomic E-state index is -0.0597. The van der Waals surface area contributed by atoms with Crippen molar-refractivity contribution in [3.63, 3.8) is 0 Å². The lowest BCUT2D eigenvalue weighted by molar-refractivity contribution is 0.103. The number of carbonyl (C=O) groups excluding carboxylic acids is 1. The first kappa shape index (κ1) is 10.1. The zero-order valence-electron chi connectivity index (χ0n) is 8.03. The third-order valence-corrected chi connectivity index (χ3v) is 2.75. The molecule has 0 bridgehead atoms. The number of halogens is 1. The van der Waals surface area contributed by atoms with Crippen LogP contribution >= 0.6 is 15.9 Å². The Morgan fingerprint density at radius 3 is 2.80 bits per heavy atom. The molecule has 2 aromatic rings. The van der Waals surface area contributed by atoms with Crippen LogP contribution in [0.5, 0.6) is 0 Å². The highest BCUT2D eigenvalue weighted by Crippen LogP contribution is 2.20. The van der Waals surface area contributed by atoms with Crippen LogP contribution in [0.15, 0.2) is 39.9 Å². The maximum absolute atomic E-state index is 12.0. The quantitative estimate of drug-likeness (QED) is 0.785. The van der Waals surface area contributed by atoms with Crippen LogP contribution in [0, 0.1) is 6.92 Å². The van der Waals surface area contributed by atoms with Crippen LogP contribution in [-0.2, 0) is 0 Å². The first-order chi connectivity index (χ1) is 7.20. The molecule has 0 spiro atoms. The van der Waals surface area contributed by atoms with Crippen LogP contribution in [0.2, 0.25) is 0 Å². The van der Waals surface area contributed by atoms with Crippen molar-refractivity contribution in [1.82, 2.24) is 4.98 Å². The average molecular weight is 266 g/mol. The van der Waals surface area contributed by atoms with E-state index in [9.17, 15) is 4.79 Å². The topological polar surface area (TPSA) is 43.1 Å². The van der Waals surface area contributed by atoms with Crippen molar-refractivity contribution >= 4 is 21.7 Å². The smallest absolute Gasteiger partial charge is 0.197 e. The predicted molar refractivity (Wildman–Crippen MR) is 58.8 cm³/mol. The van der Waals surface area contributed by atoms with Crippen molar-refractivity contribution in [2.45, 2.75) is 6.92 Å². The van der Waals surface area contributed by atoms with Crippen LogP contribution < -0.4 is 0 Å². The number of hydrogen-bond acceptors (Lipinski definition) is 3. The minimum Gasteiger partial charge on any atom is -0.472 e. The standard InChI is InChI=1S/C11H8BrNO2/c1-7-5-15-6-9(7)11(14)8-2-3-13-4-10(8)12/h2-6H,1H3. The summed E-state index contributed by atoms with van der Waals surface area (Å²) in [4.78, 5) is 15.9. The van der Waals surface area contributed by atoms with Gasteiger partial charge in [0.05, 0.1) is 11.8 Å². The number of nitrogens with zero attached hydrogens (tertiary/aromatic N) is 1. The zero-order valence-corrected chi connectivity index (χ0v) is 9.61. The number of aromatic nitrogens is 1. The van der Waals surface area contributed by atoms with E-state index in [-0.39, 0.29) is 5.78 Å². The van der Waals surface area contributed by atoms with Crippen LogP contribution in [0.25, 0.3) is 0 Å². The van der Waals surface area contributed by atoms with Crippen LogP contribution in [0.4, 0.5) is 0 Å². The molecule has 0 unspecified atom stereocenters. The van der Waals surface area contributed by atoms with Crippen LogP contribution in [0.1, 0.15) is 21.5 Å². The Balaban J connectivity index is 2.46. The number of aryl methyl sites for hydroxylation is 1. The van der Waals surface area contributed by atoms with Crippen molar-refractivity contribution in [3.8, 4) is 0 Å². The van der Waals surface area contributed by atoms with E-state index in [1.54, 1.807) is 24.7 Å². The normalized spacial score (nSPS) is 10.3. The summed E-state index contributed by atoms with van der Waals surface area (Å²) in [5.74, 6) is -0.0597. The van der Waals surface area contributed by atoms with Gasteiger partial charge in [-0.2, -0.15) is 0 Å². The molecule has 0 aliphatic rings. The third-order valence-electron chi connectivity index (χ3n) is 2.12. The molecule has 0 fully saturated rings. The molecule has 15 heavy (non-hydrogen) atoms. The molecule has 0 aliphatic heterocycles. The molecule has 0 radical (unpaired) electrons. The first-order valence-electron chi connectivity index (χ1n) is 4.37. The van der Waals surface area contributed by atoms with Gasteiger partial charge >= 0.3 is 0 Å². The fourth-order valence-corrected chi connectivity index (χ4v) is 1.73. The molecular formula is C11H8BrNO2. The number of ketones is 1. The highest BCUT2D eigenvalue weighted by molar-refractivity contribution is 9.10. The van der Waals surface area contributed by atoms with Crippen LogP contribution in [-0.4, -0.2) is 10.8 Å². The van der Waals surface area contributed by atoms with E-state index in [4.69, 9.17) is 4.42 Å². The molecule has 0 aliphatic carbocycles. The molecule has 0 atom stereocenters. The summed E-state index contributed by atoms with van der Waals surface area (Å²) in [5, 5.41) is 0. The summed E-state index contributed by atoms with van der Waals surface area (Å²) < 4.78 is 5.67. The highest BCUT2D eigenvalue weighted by Gasteiger charge is 2.15. The Kier molecular flexibility index (Phi) is 2.68. The summed E-state index contributed by atoms with van der Waals surface area (Å²) in [7, 11) is 0. The van der Waals surface area contributed by atoms with Crippen molar-refractivity contribution < 1.29 is 9.21 Å². The van der Waals surface area contributed by atoms with Gasteiger partial charge in [0, 0.05) is 22.4 Å². The second-order valence-electron chi connectivity index (χ2n) is 3.15. The Hall–Kier alpha value is -1.42. The van der Waals surface area contributed by atoms with Gasteiger partial charge in [-0.25, -0.2) is 0 Å². The maximum Gasteiger partial charge on any atom is 0.197 e. The van der Waals surface area contributed by atoms with Crippen molar-refractivity contribution in [2.75, 3.05) is 0 Å². The predicted octanol–water partition coefficient (Wildman–Crippen LogP) is 2.98. The average Bonchev–Trinajstić information content (AvgIpc) is 2.64. The Labute approximate surface area is 95.3 Å². The van der Waals surface area contributed by atoms with Gasteiger partial charge in [0.15, 0.2) is 5.78 Å². The van der Waals surface area contributed by atoms with Gasteiger partial charge in [0.25, 0.3) is 0 Å². The van der Waals surface area contributed by atoms with E-state index < -0.39 is 0 Å². The number of pyridine rings is 1. The van der Waals surface area contributed by atoms with Gasteiger partial charge in [-0.3, -0.25) is 9.78 Å². The Bertz CT molecular complexity index is 505. The monoisotopic (exact) mass is 265 g/mol. The molecule has 2 rings (SSSR count). The SMILES string of the molecule is Cc1cocc1C(=O)c1ccncc1Br. The van der Waals surface area contributed by atoms with Crippen molar-refractivity contribution in [3.05, 3.63) is 52.1 Å². The molecule has 0 aromatic carbocycles. The second kappa shape index (κ2) is 3.98. The lowest BCUT2D eigenvalue weighted by atomic mass is 10.0. The van der Waals surface area contributed by atoms with E-state index in [1.807, 2.05) is 6.92 Å². The van der Waals surface area contributed by atoms with Gasteiger partial charge in [-0.15, -0.1) is 0 Å². The van der Waals surface area contributed by atoms with E-state index in [0.717, 1.165) is 5.56 Å². The van der Waals surface area contributed by atoms with Gasteiger partial charge in [0.2, 0.25) is 0 Å². The van der Waals surface area contributed by atoms with Crippen molar-refractivity contribution in [1.29, 1.82) is 0 Å². The molecule has 2 aromatic heterocycles. The minimum absolute atomic E-state index is 0.0597. The third kappa shape index (κ3) is 1.85. The lowest BCUT2D eigenvalue weighted by Crippen LogP contribution is -2.02. The van der Waals surface area contributed by atoms with E-state index in [1.165, 1.54) is 6.26 Å². The van der Waals surface area contributed by atoms with Gasteiger partial charge in [-0.05, 0) is 34.5 Å². The summed E-state index contributed by atoms with van der Waals surface area (Å²) in [6.07, 6.45) is 6.21. The van der Waals surface area contributed by atoms with Crippen molar-refractivity contribution in [2.24, 2.45) is 0 Å². The zero-order chi connectivity index (χ0) is 10.8. The number of furan rings is 1. The number of hydrogen-bond donors (Lipinski definition) is 0. The molecule has 0 saturated carbocycles. The summed E-state index contributed by atoms with van der Waals surface area (Å²) in [6.45, 7) is 1.84. The maximum atomic E-state index is 12.0. The van der Waals surface area contributed by atoms with E-state index in [0.29, 0.717) is 15.6 Å². The number of carbonyl (C=O) groups is 1. The molecule has 0 amide bonds. The molecule has 0 N–H and O–H groups in total. The van der Waals surface area contributed by atoms with Gasteiger partial charge < -0.3 is 4.42 Å². The Morgan fingerprint density at radius 1 is 1.40 bits per heavy atom. The van der Waals surface area contributed by atoms with E-state index >= 15 is 0 Å². The van der Waals surface area contributed by atoms with Gasteiger partial charge in [-0.1, -0.05) is 0 Å². The molecular weight excluding hydrogens is 258 g/mol. The fourth-order valence-electron chi connectivity index (χ4n) is 1.30. The Morgan fingerprint density at radius 2 is 2.20 bits per heavy atom. The first-order valence-corrected chi connectivity index (χ1v) is 5.16. The molecule has 0 saturated heterocycles. The fraction of sp³-hybridized carbons (Fsp3) is 0.0909. The summed E-state index contributed by atoms with van der Waals surface area (Å²) in [5.41, 5.74) is 2.01. The van der Waals surface area contributed by atoms with Crippen LogP contribution in [0.3, 0.4) is 0 Å². The molecule has 76 valence electrons. The highest BCUT2D eigenvalue weighted by atomic mass is 79.9. The largest absolute Gasteiger partial charge is 0.472 e. The van der Waals surface area contributed by atoms with Gasteiger partial charge in [0.1, 0.15) is 6.26 Å². The molecule has 3 nitrogen and oxygen atoms in total. The lowest BCUT2D eigenvalue weighted by Gasteiger charge is -2.01. The summed E-state index contributed by atoms with van der Waals surface area (Å²) >= 11 is 3.29. The molecule has 2 heterocycles. The van der Waals surface area contributed by atoms with E-state index in [2.05, 4.69) is 20.9 Å². The molecule has 4 heteroatoms. The number of rotatable bonds is 2.